The Morgan fingerprint density at radius 2 is 1.75 bits per heavy atom. The number of rotatable bonds is 4. The third kappa shape index (κ3) is 5.27. The topological polar surface area (TPSA) is 75.4 Å². The summed E-state index contributed by atoms with van der Waals surface area (Å²) in [6.45, 7) is 8.52. The Kier molecular flexibility index (Phi) is 7.16. The van der Waals surface area contributed by atoms with Crippen molar-refractivity contribution in [2.45, 2.75) is 52.0 Å². The van der Waals surface area contributed by atoms with Crippen LogP contribution < -0.4 is 11.1 Å². The molecule has 0 saturated carbocycles. The highest BCUT2D eigenvalue weighted by molar-refractivity contribution is 5.98. The molecule has 6 heteroatoms. The zero-order chi connectivity index (χ0) is 26.0. The summed E-state index contributed by atoms with van der Waals surface area (Å²) in [4.78, 5) is 29.0. The van der Waals surface area contributed by atoms with Crippen LogP contribution in [0.3, 0.4) is 0 Å². The summed E-state index contributed by atoms with van der Waals surface area (Å²) in [6, 6.07) is 19.1. The van der Waals surface area contributed by atoms with Crippen LogP contribution in [0.5, 0.6) is 0 Å². The van der Waals surface area contributed by atoms with Gasteiger partial charge in [-0.05, 0) is 72.2 Å². The molecule has 0 spiro atoms. The number of piperidine rings is 1. The van der Waals surface area contributed by atoms with E-state index in [0.717, 1.165) is 11.1 Å². The number of amides is 2. The summed E-state index contributed by atoms with van der Waals surface area (Å²) >= 11 is 0. The number of hydrogen-bond acceptors (Lipinski definition) is 3. The van der Waals surface area contributed by atoms with E-state index in [2.05, 4.69) is 26.1 Å². The average Bonchev–Trinajstić information content (AvgIpc) is 2.83. The van der Waals surface area contributed by atoms with Crippen molar-refractivity contribution in [3.63, 3.8) is 0 Å². The fraction of sp³-hybridized carbons (Fsp3) is 0.333. The van der Waals surface area contributed by atoms with E-state index < -0.39 is 23.7 Å². The first-order chi connectivity index (χ1) is 17.1. The number of halogens is 1. The highest BCUT2D eigenvalue weighted by atomic mass is 19.1. The van der Waals surface area contributed by atoms with E-state index >= 15 is 0 Å². The van der Waals surface area contributed by atoms with Gasteiger partial charge in [0.1, 0.15) is 5.82 Å². The maximum Gasteiger partial charge on any atom is 0.257 e. The average molecular weight is 488 g/mol. The molecule has 0 bridgehead atoms. The number of nitrogen functional groups attached to an aromatic ring is 1. The van der Waals surface area contributed by atoms with Crippen molar-refractivity contribution in [2.24, 2.45) is 5.92 Å². The monoisotopic (exact) mass is 487 g/mol. The van der Waals surface area contributed by atoms with Crippen molar-refractivity contribution in [3.05, 3.63) is 94.8 Å². The Morgan fingerprint density at radius 3 is 2.44 bits per heavy atom. The lowest BCUT2D eigenvalue weighted by atomic mass is 9.83. The minimum atomic E-state index is -0.570. The Hall–Kier alpha value is -3.67. The number of aryl methyl sites for hydroxylation is 1. The van der Waals surface area contributed by atoms with E-state index in [1.54, 1.807) is 36.1 Å². The quantitative estimate of drug-likeness (QED) is 0.427. The SMILES string of the molecule is Cc1cccc(F)c1C(=O)N1CCCC(C(=O)Nc2cccc(C(C)(C)C)c2)[C@@H]1c1cccc(N)c1. The predicted molar refractivity (Wildman–Crippen MR) is 142 cm³/mol. The van der Waals surface area contributed by atoms with Crippen molar-refractivity contribution < 1.29 is 14.0 Å². The standard InChI is InChI=1S/C30H34FN3O2/c1-19-9-5-15-25(31)26(19)29(36)34-16-8-14-24(27(34)20-10-6-12-22(32)17-20)28(35)33-23-13-7-11-21(18-23)30(2,3)4/h5-7,9-13,15,17-18,24,27H,8,14,16,32H2,1-4H3,(H,33,35)/t24?,27-/m0/s1. The van der Waals surface area contributed by atoms with Gasteiger partial charge < -0.3 is 16.0 Å². The van der Waals surface area contributed by atoms with Crippen LogP contribution in [0, 0.1) is 18.7 Å². The molecule has 36 heavy (non-hydrogen) atoms. The predicted octanol–water partition coefficient (Wildman–Crippen LogP) is 6.25. The van der Waals surface area contributed by atoms with E-state index in [0.29, 0.717) is 36.3 Å². The van der Waals surface area contributed by atoms with Gasteiger partial charge >= 0.3 is 0 Å². The van der Waals surface area contributed by atoms with Gasteiger partial charge in [0.25, 0.3) is 5.91 Å². The maximum atomic E-state index is 14.8. The van der Waals surface area contributed by atoms with Gasteiger partial charge in [-0.1, -0.05) is 57.2 Å². The van der Waals surface area contributed by atoms with Gasteiger partial charge in [0.2, 0.25) is 5.91 Å². The number of nitrogens with two attached hydrogens (primary N) is 1. The molecule has 1 aliphatic rings. The minimum absolute atomic E-state index is 0.0466. The van der Waals surface area contributed by atoms with Crippen molar-refractivity contribution in [2.75, 3.05) is 17.6 Å². The summed E-state index contributed by atoms with van der Waals surface area (Å²) in [6.07, 6.45) is 1.24. The summed E-state index contributed by atoms with van der Waals surface area (Å²) in [7, 11) is 0. The summed E-state index contributed by atoms with van der Waals surface area (Å²) in [5.74, 6) is -1.66. The molecule has 0 radical (unpaired) electrons. The highest BCUT2D eigenvalue weighted by Gasteiger charge is 2.40. The van der Waals surface area contributed by atoms with Crippen LogP contribution in [0.15, 0.2) is 66.7 Å². The van der Waals surface area contributed by atoms with E-state index in [1.165, 1.54) is 6.07 Å². The van der Waals surface area contributed by atoms with Gasteiger partial charge in [-0.3, -0.25) is 9.59 Å². The number of benzene rings is 3. The fourth-order valence-electron chi connectivity index (χ4n) is 5.00. The van der Waals surface area contributed by atoms with E-state index in [4.69, 9.17) is 5.73 Å². The van der Waals surface area contributed by atoms with Crippen molar-refractivity contribution >= 4 is 23.2 Å². The number of carbonyl (C=O) groups is 2. The number of anilines is 2. The molecule has 1 heterocycles. The molecule has 0 aromatic heterocycles. The van der Waals surface area contributed by atoms with Crippen LogP contribution in [0.2, 0.25) is 0 Å². The zero-order valence-electron chi connectivity index (χ0n) is 21.3. The second-order valence-corrected chi connectivity index (χ2v) is 10.6. The largest absolute Gasteiger partial charge is 0.399 e. The fourth-order valence-corrected chi connectivity index (χ4v) is 5.00. The number of hydrogen-bond donors (Lipinski definition) is 2. The van der Waals surface area contributed by atoms with Gasteiger partial charge in [-0.15, -0.1) is 0 Å². The van der Waals surface area contributed by atoms with Crippen LogP contribution in [0.25, 0.3) is 0 Å². The first-order valence-electron chi connectivity index (χ1n) is 12.4. The zero-order valence-corrected chi connectivity index (χ0v) is 21.3. The number of likely N-dealkylation sites (tertiary alicyclic amines) is 1. The van der Waals surface area contributed by atoms with Gasteiger partial charge in [0.15, 0.2) is 0 Å². The molecule has 2 amide bonds. The van der Waals surface area contributed by atoms with Crippen LogP contribution in [0.4, 0.5) is 15.8 Å². The van der Waals surface area contributed by atoms with Crippen LogP contribution in [0.1, 0.15) is 66.7 Å². The molecule has 5 nitrogen and oxygen atoms in total. The molecule has 1 fully saturated rings. The lowest BCUT2D eigenvalue weighted by Crippen LogP contribution is -2.46. The van der Waals surface area contributed by atoms with Crippen molar-refractivity contribution in [1.29, 1.82) is 0 Å². The third-order valence-electron chi connectivity index (χ3n) is 6.91. The van der Waals surface area contributed by atoms with Gasteiger partial charge in [-0.2, -0.15) is 0 Å². The first kappa shape index (κ1) is 25.4. The molecule has 3 N–H and O–H groups in total. The Bertz CT molecular complexity index is 1260. The Balaban J connectivity index is 1.71. The molecule has 2 atom stereocenters. The summed E-state index contributed by atoms with van der Waals surface area (Å²) in [5.41, 5.74) is 9.78. The molecule has 3 aromatic rings. The maximum absolute atomic E-state index is 14.8. The molecule has 188 valence electrons. The minimum Gasteiger partial charge on any atom is -0.399 e. The van der Waals surface area contributed by atoms with Gasteiger partial charge in [0.05, 0.1) is 17.5 Å². The Labute approximate surface area is 212 Å². The molecular weight excluding hydrogens is 453 g/mol. The first-order valence-corrected chi connectivity index (χ1v) is 12.4. The van der Waals surface area contributed by atoms with E-state index in [-0.39, 0.29) is 16.9 Å². The Morgan fingerprint density at radius 1 is 1.03 bits per heavy atom. The van der Waals surface area contributed by atoms with Gasteiger partial charge in [-0.25, -0.2) is 4.39 Å². The second kappa shape index (κ2) is 10.1. The van der Waals surface area contributed by atoms with E-state index in [1.807, 2.05) is 36.4 Å². The van der Waals surface area contributed by atoms with Crippen molar-refractivity contribution in [3.8, 4) is 0 Å². The molecule has 4 rings (SSSR count). The van der Waals surface area contributed by atoms with Crippen LogP contribution in [-0.2, 0) is 10.2 Å². The number of carbonyl (C=O) groups excluding carboxylic acids is 2. The summed E-state index contributed by atoms with van der Waals surface area (Å²) in [5, 5.41) is 3.08. The molecule has 0 aliphatic carbocycles. The lowest BCUT2D eigenvalue weighted by molar-refractivity contribution is -0.123. The van der Waals surface area contributed by atoms with Gasteiger partial charge in [0, 0.05) is 17.9 Å². The lowest BCUT2D eigenvalue weighted by Gasteiger charge is -2.41. The second-order valence-electron chi connectivity index (χ2n) is 10.6. The third-order valence-corrected chi connectivity index (χ3v) is 6.91. The molecule has 1 aliphatic heterocycles. The van der Waals surface area contributed by atoms with E-state index in [9.17, 15) is 14.0 Å². The molecule has 1 saturated heterocycles. The highest BCUT2D eigenvalue weighted by Crippen LogP contribution is 2.39. The van der Waals surface area contributed by atoms with Crippen LogP contribution >= 0.6 is 0 Å². The van der Waals surface area contributed by atoms with Crippen LogP contribution in [-0.4, -0.2) is 23.3 Å². The molecular formula is C30H34FN3O2. The normalized spacial score (nSPS) is 18.1. The number of nitrogens with one attached hydrogen (secondary N) is 1. The number of nitrogens with zero attached hydrogens (tertiary/aromatic N) is 1. The smallest absolute Gasteiger partial charge is 0.257 e. The molecule has 1 unspecified atom stereocenters. The van der Waals surface area contributed by atoms with Crippen molar-refractivity contribution in [1.82, 2.24) is 4.90 Å². The molecule has 3 aromatic carbocycles. The summed E-state index contributed by atoms with van der Waals surface area (Å²) < 4.78 is 14.8.